The number of unbranched alkanes of at least 4 members (excludes halogenated alkanes) is 3. The van der Waals surface area contributed by atoms with Gasteiger partial charge in [0.2, 0.25) is 5.96 Å². The second-order valence-corrected chi connectivity index (χ2v) is 8.90. The number of ether oxygens (including phenoxy) is 5. The number of guanidine groups is 1. The van der Waals surface area contributed by atoms with E-state index >= 15 is 0 Å². The molecule has 0 fully saturated rings. The summed E-state index contributed by atoms with van der Waals surface area (Å²) in [5, 5.41) is 18.7. The van der Waals surface area contributed by atoms with Crippen LogP contribution in [0.25, 0.3) is 10.4 Å². The van der Waals surface area contributed by atoms with Gasteiger partial charge in [-0.05, 0) is 49.1 Å². The Balaban J connectivity index is 0.00000924. The summed E-state index contributed by atoms with van der Waals surface area (Å²) in [7, 11) is 0. The molecule has 0 unspecified atom stereocenters. The average Bonchev–Trinajstić information content (AvgIpc) is 3.00. The Labute approximate surface area is 274 Å². The molecule has 1 heterocycles. The summed E-state index contributed by atoms with van der Waals surface area (Å²) in [6, 6.07) is 10.8. The number of anilines is 1. The van der Waals surface area contributed by atoms with Crippen LogP contribution in [0.4, 0.5) is 10.5 Å². The van der Waals surface area contributed by atoms with Gasteiger partial charge in [-0.1, -0.05) is 23.1 Å². The van der Waals surface area contributed by atoms with E-state index in [1.807, 2.05) is 18.3 Å². The molecule has 0 amide bonds. The van der Waals surface area contributed by atoms with Crippen LogP contribution < -0.4 is 32.3 Å². The number of nitrogens with one attached hydrogen (secondary N) is 2. The lowest BCUT2D eigenvalue weighted by atomic mass is 10.2. The standard InChI is InChI=1S/C27H35ClN8O6.2ClH/c28-23-5-7-25(8-6-23)40-15-4-2-1-3-11-31-26(32-21-29)34-24-9-13-36(14-10-24)22-42-27(37)41-20-19-39-18-17-38-16-12-33-35-30;;/h5-10,13-14H,1-4,11-12,15-20,22H2,(H,31,32);2*1H. The van der Waals surface area contributed by atoms with Crippen molar-refractivity contribution in [2.75, 3.05) is 58.0 Å². The predicted octanol–water partition coefficient (Wildman–Crippen LogP) is 1.99. The van der Waals surface area contributed by atoms with Crippen molar-refractivity contribution < 1.29 is 45.5 Å². The van der Waals surface area contributed by atoms with Crippen LogP contribution in [0.2, 0.25) is 5.02 Å². The van der Waals surface area contributed by atoms with Crippen molar-refractivity contribution in [1.29, 1.82) is 5.26 Å². The molecule has 1 aromatic carbocycles. The van der Waals surface area contributed by atoms with Gasteiger partial charge in [0.05, 0.1) is 38.7 Å². The van der Waals surface area contributed by atoms with Gasteiger partial charge in [0, 0.05) is 35.2 Å². The molecular weight excluding hydrogens is 639 g/mol. The summed E-state index contributed by atoms with van der Waals surface area (Å²) in [4.78, 5) is 18.8. The molecule has 44 heavy (non-hydrogen) atoms. The molecule has 14 nitrogen and oxygen atoms in total. The topological polar surface area (TPSA) is 176 Å². The Morgan fingerprint density at radius 1 is 0.932 bits per heavy atom. The number of nitrogens with zero attached hydrogens (tertiary/aromatic N) is 6. The van der Waals surface area contributed by atoms with E-state index in [1.165, 1.54) is 0 Å². The maximum Gasteiger partial charge on any atom is 0.513 e. The first-order valence-corrected chi connectivity index (χ1v) is 13.8. The molecule has 2 N–H and O–H groups in total. The van der Waals surface area contributed by atoms with Gasteiger partial charge >= 0.3 is 6.16 Å². The highest BCUT2D eigenvalue weighted by atomic mass is 35.5. The zero-order chi connectivity index (χ0) is 30.1. The lowest BCUT2D eigenvalue weighted by molar-refractivity contribution is -0.727. The highest BCUT2D eigenvalue weighted by Crippen LogP contribution is 2.16. The summed E-state index contributed by atoms with van der Waals surface area (Å²) < 4.78 is 27.8. The van der Waals surface area contributed by atoms with E-state index in [1.54, 1.807) is 41.2 Å². The van der Waals surface area contributed by atoms with Crippen molar-refractivity contribution >= 4 is 41.8 Å². The fraction of sp³-hybridized carbons (Fsp3) is 0.481. The highest BCUT2D eigenvalue weighted by Gasteiger charge is 2.09. The minimum atomic E-state index is -0.819. The van der Waals surface area contributed by atoms with Crippen molar-refractivity contribution in [3.63, 3.8) is 0 Å². The lowest BCUT2D eigenvalue weighted by Gasteiger charge is -2.08. The second kappa shape index (κ2) is 26.9. The van der Waals surface area contributed by atoms with Gasteiger partial charge in [0.25, 0.3) is 6.73 Å². The van der Waals surface area contributed by atoms with Gasteiger partial charge in [-0.25, -0.2) is 4.79 Å². The Morgan fingerprint density at radius 3 is 2.32 bits per heavy atom. The van der Waals surface area contributed by atoms with E-state index in [0.29, 0.717) is 49.6 Å². The number of aromatic nitrogens is 1. The molecular formula is C27H37Cl3N8O6. The average molecular weight is 676 g/mol. The molecule has 2 rings (SSSR count). The van der Waals surface area contributed by atoms with Gasteiger partial charge in [0.15, 0.2) is 18.6 Å². The van der Waals surface area contributed by atoms with Crippen LogP contribution in [0, 0.1) is 11.5 Å². The molecule has 0 radical (unpaired) electrons. The van der Waals surface area contributed by atoms with Gasteiger partial charge in [-0.15, -0.1) is 12.4 Å². The van der Waals surface area contributed by atoms with Crippen LogP contribution >= 0.6 is 24.0 Å². The predicted molar refractivity (Wildman–Crippen MR) is 162 cm³/mol. The van der Waals surface area contributed by atoms with E-state index in [-0.39, 0.29) is 51.3 Å². The summed E-state index contributed by atoms with van der Waals surface area (Å²) >= 11 is 5.87. The molecule has 242 valence electrons. The zero-order valence-electron chi connectivity index (χ0n) is 24.1. The summed E-state index contributed by atoms with van der Waals surface area (Å²) in [5.41, 5.74) is 8.85. The van der Waals surface area contributed by atoms with Crippen LogP contribution in [0.15, 0.2) is 58.9 Å². The summed E-state index contributed by atoms with van der Waals surface area (Å²) in [6.07, 6.45) is 8.29. The Hall–Kier alpha value is -3.70. The molecule has 0 aliphatic carbocycles. The van der Waals surface area contributed by atoms with Crippen LogP contribution in [0.3, 0.4) is 0 Å². The van der Waals surface area contributed by atoms with Crippen molar-refractivity contribution in [3.8, 4) is 11.9 Å². The van der Waals surface area contributed by atoms with Crippen LogP contribution in [-0.4, -0.2) is 64.8 Å². The third kappa shape index (κ3) is 20.2. The number of benzene rings is 1. The van der Waals surface area contributed by atoms with E-state index in [9.17, 15) is 4.79 Å². The normalized spacial score (nSPS) is 10.2. The van der Waals surface area contributed by atoms with Crippen molar-refractivity contribution in [3.05, 3.63) is 64.3 Å². The fourth-order valence-corrected chi connectivity index (χ4v) is 3.36. The quantitative estimate of drug-likeness (QED) is 0.0203. The molecule has 1 aromatic heterocycles. The minimum absolute atomic E-state index is 0. The Kier molecular flexibility index (Phi) is 24.6. The van der Waals surface area contributed by atoms with E-state index in [0.717, 1.165) is 31.4 Å². The number of rotatable bonds is 20. The van der Waals surface area contributed by atoms with E-state index in [2.05, 4.69) is 25.7 Å². The number of nitriles is 1. The van der Waals surface area contributed by atoms with Crippen LogP contribution in [-0.2, 0) is 25.7 Å². The van der Waals surface area contributed by atoms with Gasteiger partial charge in [0.1, 0.15) is 12.4 Å². The number of azide groups is 1. The molecule has 0 spiro atoms. The first-order chi connectivity index (χ1) is 20.6. The number of hydrogen-bond acceptors (Lipinski definition) is 9. The SMILES string of the molecule is Cl.N#CNC(=NCCCCCCOc1ccc(Cl)cc1)Nc1cc[n+](COC(=O)OCCOCCOCCN=[N+]=[N-])cc1.[Cl-]. The van der Waals surface area contributed by atoms with Crippen LogP contribution in [0.5, 0.6) is 5.75 Å². The molecule has 0 aliphatic heterocycles. The number of carbonyl (C=O) groups excluding carboxylic acids is 1. The second-order valence-electron chi connectivity index (χ2n) is 8.46. The molecule has 0 saturated heterocycles. The monoisotopic (exact) mass is 674 g/mol. The summed E-state index contributed by atoms with van der Waals surface area (Å²) in [6.45, 7) is 2.66. The molecule has 0 atom stereocenters. The molecule has 17 heteroatoms. The molecule has 0 aliphatic rings. The molecule has 2 aromatic rings. The Morgan fingerprint density at radius 2 is 1.61 bits per heavy atom. The third-order valence-electron chi connectivity index (χ3n) is 5.28. The van der Waals surface area contributed by atoms with Gasteiger partial charge in [-0.3, -0.25) is 10.3 Å². The van der Waals surface area contributed by atoms with Crippen molar-refractivity contribution in [2.45, 2.75) is 32.4 Å². The maximum atomic E-state index is 11.7. The van der Waals surface area contributed by atoms with E-state index < -0.39 is 6.16 Å². The van der Waals surface area contributed by atoms with Gasteiger partial charge in [-0.2, -0.15) is 9.83 Å². The fourth-order valence-electron chi connectivity index (χ4n) is 3.23. The lowest BCUT2D eigenvalue weighted by Crippen LogP contribution is -3.00. The first kappa shape index (κ1) is 40.3. The van der Waals surface area contributed by atoms with Gasteiger partial charge < -0.3 is 41.4 Å². The Bertz CT molecular complexity index is 1160. The number of halogens is 3. The summed E-state index contributed by atoms with van der Waals surface area (Å²) in [5.74, 6) is 1.16. The number of carbonyl (C=O) groups is 1. The first-order valence-electron chi connectivity index (χ1n) is 13.4. The minimum Gasteiger partial charge on any atom is -1.00 e. The molecule has 0 saturated carbocycles. The molecule has 0 bridgehead atoms. The maximum absolute atomic E-state index is 11.7. The number of pyridine rings is 1. The van der Waals surface area contributed by atoms with Crippen molar-refractivity contribution in [2.24, 2.45) is 10.1 Å². The van der Waals surface area contributed by atoms with E-state index in [4.69, 9.17) is 46.1 Å². The third-order valence-corrected chi connectivity index (χ3v) is 5.53. The highest BCUT2D eigenvalue weighted by molar-refractivity contribution is 6.30. The van der Waals surface area contributed by atoms with Crippen LogP contribution in [0.1, 0.15) is 25.7 Å². The smallest absolute Gasteiger partial charge is 0.513 e. The van der Waals surface area contributed by atoms with Crippen molar-refractivity contribution in [1.82, 2.24) is 5.32 Å². The largest absolute Gasteiger partial charge is 1.00 e. The number of aliphatic imine (C=N–C) groups is 1. The number of hydrogen-bond donors (Lipinski definition) is 2. The zero-order valence-corrected chi connectivity index (χ0v) is 26.4.